The fraction of sp³-hybridized carbons (Fsp3) is 0.348. The molecule has 0 spiro atoms. The van der Waals surface area contributed by atoms with Crippen LogP contribution in [-0.4, -0.2) is 64.8 Å². The van der Waals surface area contributed by atoms with E-state index in [9.17, 15) is 9.59 Å². The molecule has 0 aliphatic carbocycles. The SMILES string of the molecule is Cn1nc(CC(=O)N2CCN(CCOc3ccccc3Cl)CC2)c2ccccc2c1=O. The molecule has 0 radical (unpaired) electrons. The maximum Gasteiger partial charge on any atom is 0.274 e. The Bertz CT molecular complexity index is 1140. The highest BCUT2D eigenvalue weighted by Gasteiger charge is 2.22. The van der Waals surface area contributed by atoms with Gasteiger partial charge in [0.05, 0.1) is 22.5 Å². The Labute approximate surface area is 185 Å². The fourth-order valence-corrected chi connectivity index (χ4v) is 4.02. The van der Waals surface area contributed by atoms with Gasteiger partial charge in [-0.1, -0.05) is 41.9 Å². The first-order chi connectivity index (χ1) is 15.0. The lowest BCUT2D eigenvalue weighted by Gasteiger charge is -2.34. The molecule has 162 valence electrons. The van der Waals surface area contributed by atoms with Gasteiger partial charge in [0.2, 0.25) is 5.91 Å². The number of benzene rings is 2. The van der Waals surface area contributed by atoms with Gasteiger partial charge in [0.1, 0.15) is 12.4 Å². The molecular formula is C23H25ClN4O3. The molecule has 0 unspecified atom stereocenters. The molecule has 31 heavy (non-hydrogen) atoms. The number of carbonyl (C=O) groups excluding carboxylic acids is 1. The van der Waals surface area contributed by atoms with Gasteiger partial charge in [0, 0.05) is 45.2 Å². The maximum atomic E-state index is 12.9. The van der Waals surface area contributed by atoms with Crippen LogP contribution >= 0.6 is 11.6 Å². The van der Waals surface area contributed by atoms with Crippen LogP contribution in [0.4, 0.5) is 0 Å². The standard InChI is InChI=1S/C23H25ClN4O3/c1-26-23(30)18-7-3-2-6-17(18)20(25-26)16-22(29)28-12-10-27(11-13-28)14-15-31-21-9-5-4-8-19(21)24/h2-9H,10-16H2,1H3. The molecule has 1 amide bonds. The molecule has 0 N–H and O–H groups in total. The lowest BCUT2D eigenvalue weighted by molar-refractivity contribution is -0.132. The van der Waals surface area contributed by atoms with Gasteiger partial charge in [0.25, 0.3) is 5.56 Å². The minimum atomic E-state index is -0.153. The van der Waals surface area contributed by atoms with Crippen molar-refractivity contribution < 1.29 is 9.53 Å². The maximum absolute atomic E-state index is 12.9. The molecule has 0 bridgehead atoms. The van der Waals surface area contributed by atoms with Crippen LogP contribution in [0.3, 0.4) is 0 Å². The van der Waals surface area contributed by atoms with Crippen molar-refractivity contribution in [2.24, 2.45) is 7.05 Å². The van der Waals surface area contributed by atoms with Crippen LogP contribution < -0.4 is 10.3 Å². The summed E-state index contributed by atoms with van der Waals surface area (Å²) < 4.78 is 7.07. The number of halogens is 1. The number of fused-ring (bicyclic) bond motifs is 1. The number of amides is 1. The number of aryl methyl sites for hydroxylation is 1. The van der Waals surface area contributed by atoms with Crippen LogP contribution in [0.25, 0.3) is 10.8 Å². The van der Waals surface area contributed by atoms with Gasteiger partial charge in [-0.25, -0.2) is 4.68 Å². The predicted molar refractivity (Wildman–Crippen MR) is 121 cm³/mol. The van der Waals surface area contributed by atoms with E-state index in [4.69, 9.17) is 16.3 Å². The monoisotopic (exact) mass is 440 g/mol. The van der Waals surface area contributed by atoms with Crippen LogP contribution in [0.5, 0.6) is 5.75 Å². The minimum absolute atomic E-state index is 0.0308. The smallest absolute Gasteiger partial charge is 0.274 e. The highest BCUT2D eigenvalue weighted by molar-refractivity contribution is 6.32. The molecule has 1 aromatic heterocycles. The number of hydrogen-bond acceptors (Lipinski definition) is 5. The summed E-state index contributed by atoms with van der Waals surface area (Å²) in [4.78, 5) is 29.3. The molecule has 1 aliphatic heterocycles. The fourth-order valence-electron chi connectivity index (χ4n) is 3.83. The van der Waals surface area contributed by atoms with Crippen LogP contribution in [-0.2, 0) is 18.3 Å². The summed E-state index contributed by atoms with van der Waals surface area (Å²) in [6.07, 6.45) is 0.185. The van der Waals surface area contributed by atoms with Crippen LogP contribution in [0.1, 0.15) is 5.69 Å². The summed E-state index contributed by atoms with van der Waals surface area (Å²) in [5.74, 6) is 0.721. The number of hydrogen-bond donors (Lipinski definition) is 0. The second-order valence-corrected chi connectivity index (χ2v) is 8.01. The molecule has 0 atom stereocenters. The third-order valence-corrected chi connectivity index (χ3v) is 5.89. The number of nitrogens with zero attached hydrogens (tertiary/aromatic N) is 4. The van der Waals surface area contributed by atoms with Gasteiger partial charge in [0.15, 0.2) is 0 Å². The van der Waals surface area contributed by atoms with Gasteiger partial charge < -0.3 is 9.64 Å². The van der Waals surface area contributed by atoms with Gasteiger partial charge in [-0.05, 0) is 18.2 Å². The molecule has 1 saturated heterocycles. The van der Waals surface area contributed by atoms with Crippen molar-refractivity contribution >= 4 is 28.3 Å². The average Bonchev–Trinajstić information content (AvgIpc) is 2.79. The summed E-state index contributed by atoms with van der Waals surface area (Å²) in [6.45, 7) is 4.23. The van der Waals surface area contributed by atoms with Crippen molar-refractivity contribution in [2.75, 3.05) is 39.3 Å². The van der Waals surface area contributed by atoms with Gasteiger partial charge >= 0.3 is 0 Å². The number of carbonyl (C=O) groups is 1. The lowest BCUT2D eigenvalue weighted by Crippen LogP contribution is -2.50. The largest absolute Gasteiger partial charge is 0.491 e. The van der Waals surface area contributed by atoms with Crippen LogP contribution in [0, 0.1) is 0 Å². The summed E-state index contributed by atoms with van der Waals surface area (Å²) in [6, 6.07) is 14.7. The van der Waals surface area contributed by atoms with Gasteiger partial charge in [-0.2, -0.15) is 5.10 Å². The molecule has 4 rings (SSSR count). The van der Waals surface area contributed by atoms with Crippen LogP contribution in [0.15, 0.2) is 53.3 Å². The van der Waals surface area contributed by atoms with E-state index in [1.54, 1.807) is 13.1 Å². The van der Waals surface area contributed by atoms with E-state index in [1.807, 2.05) is 47.4 Å². The van der Waals surface area contributed by atoms with Crippen molar-refractivity contribution in [1.82, 2.24) is 19.6 Å². The summed E-state index contributed by atoms with van der Waals surface area (Å²) in [5, 5.41) is 6.29. The highest BCUT2D eigenvalue weighted by Crippen LogP contribution is 2.23. The number of ether oxygens (including phenoxy) is 1. The van der Waals surface area contributed by atoms with E-state index < -0.39 is 0 Å². The number of piperazine rings is 1. The molecule has 2 aromatic carbocycles. The van der Waals surface area contributed by atoms with Crippen molar-refractivity contribution in [1.29, 1.82) is 0 Å². The van der Waals surface area contributed by atoms with E-state index >= 15 is 0 Å². The molecule has 1 aliphatic rings. The second kappa shape index (κ2) is 9.49. The molecular weight excluding hydrogens is 416 g/mol. The average molecular weight is 441 g/mol. The molecule has 2 heterocycles. The Morgan fingerprint density at radius 2 is 1.71 bits per heavy atom. The summed E-state index contributed by atoms with van der Waals surface area (Å²) >= 11 is 6.11. The van der Waals surface area contributed by atoms with Crippen molar-refractivity contribution in [3.05, 3.63) is 69.6 Å². The summed E-state index contributed by atoms with van der Waals surface area (Å²) in [5.41, 5.74) is 0.484. The van der Waals surface area contributed by atoms with E-state index in [-0.39, 0.29) is 17.9 Å². The second-order valence-electron chi connectivity index (χ2n) is 7.60. The van der Waals surface area contributed by atoms with E-state index in [0.29, 0.717) is 41.5 Å². The van der Waals surface area contributed by atoms with Crippen molar-refractivity contribution in [3.8, 4) is 5.75 Å². The van der Waals surface area contributed by atoms with Gasteiger partial charge in [-0.3, -0.25) is 14.5 Å². The first kappa shape index (κ1) is 21.3. The number of aromatic nitrogens is 2. The Balaban J connectivity index is 1.31. The molecule has 8 heteroatoms. The number of para-hydroxylation sites is 1. The highest BCUT2D eigenvalue weighted by atomic mass is 35.5. The molecule has 3 aromatic rings. The first-order valence-electron chi connectivity index (χ1n) is 10.4. The Hall–Kier alpha value is -2.90. The first-order valence-corrected chi connectivity index (χ1v) is 10.7. The third-order valence-electron chi connectivity index (χ3n) is 5.58. The zero-order valence-corrected chi connectivity index (χ0v) is 18.2. The quantitative estimate of drug-likeness (QED) is 0.588. The van der Waals surface area contributed by atoms with Crippen LogP contribution in [0.2, 0.25) is 5.02 Å². The molecule has 7 nitrogen and oxygen atoms in total. The zero-order chi connectivity index (χ0) is 21.8. The number of rotatable bonds is 6. The molecule has 0 saturated carbocycles. The van der Waals surface area contributed by atoms with Crippen molar-refractivity contribution in [2.45, 2.75) is 6.42 Å². The Morgan fingerprint density at radius 3 is 2.45 bits per heavy atom. The lowest BCUT2D eigenvalue weighted by atomic mass is 10.1. The van der Waals surface area contributed by atoms with E-state index in [2.05, 4.69) is 10.00 Å². The normalized spacial score (nSPS) is 14.7. The predicted octanol–water partition coefficient (Wildman–Crippen LogP) is 2.35. The zero-order valence-electron chi connectivity index (χ0n) is 17.5. The Kier molecular flexibility index (Phi) is 6.53. The van der Waals surface area contributed by atoms with Gasteiger partial charge in [-0.15, -0.1) is 0 Å². The third kappa shape index (κ3) is 4.89. The summed E-state index contributed by atoms with van der Waals surface area (Å²) in [7, 11) is 1.62. The molecule has 1 fully saturated rings. The van der Waals surface area contributed by atoms with E-state index in [1.165, 1.54) is 4.68 Å². The Morgan fingerprint density at radius 1 is 1.03 bits per heavy atom. The van der Waals surface area contributed by atoms with E-state index in [0.717, 1.165) is 25.0 Å². The topological polar surface area (TPSA) is 67.7 Å². The van der Waals surface area contributed by atoms with Crippen molar-refractivity contribution in [3.63, 3.8) is 0 Å². The minimum Gasteiger partial charge on any atom is -0.491 e.